The topological polar surface area (TPSA) is 78.9 Å². The molecule has 0 amide bonds. The predicted octanol–water partition coefficient (Wildman–Crippen LogP) is 16.6. The molecule has 0 aromatic heterocycles. The summed E-state index contributed by atoms with van der Waals surface area (Å²) in [5.74, 6) is -1.02. The highest BCUT2D eigenvalue weighted by molar-refractivity contribution is 5.71. The summed E-state index contributed by atoms with van der Waals surface area (Å²) in [6, 6.07) is 0. The first-order valence-corrected chi connectivity index (χ1v) is 25.2. The van der Waals surface area contributed by atoms with Crippen LogP contribution in [-0.2, 0) is 28.6 Å². The second kappa shape index (κ2) is 50.0. The average Bonchev–Trinajstić information content (AvgIpc) is 3.27. The highest BCUT2D eigenvalue weighted by Crippen LogP contribution is 2.13. The molecule has 62 heavy (non-hydrogen) atoms. The zero-order chi connectivity index (χ0) is 45.1. The van der Waals surface area contributed by atoms with Gasteiger partial charge in [0.1, 0.15) is 13.2 Å². The number of carbonyl (C=O) groups is 3. The fraction of sp³-hybridized carbons (Fsp3) is 0.661. The molecule has 0 saturated heterocycles. The van der Waals surface area contributed by atoms with Gasteiger partial charge in [-0.05, 0) is 89.9 Å². The number of hydrogen-bond acceptors (Lipinski definition) is 6. The second-order valence-corrected chi connectivity index (χ2v) is 16.3. The van der Waals surface area contributed by atoms with Crippen molar-refractivity contribution in [2.45, 2.75) is 226 Å². The lowest BCUT2D eigenvalue weighted by molar-refractivity contribution is -0.166. The smallest absolute Gasteiger partial charge is 0.306 e. The highest BCUT2D eigenvalue weighted by Gasteiger charge is 2.19. The first kappa shape index (κ1) is 58.3. The maximum atomic E-state index is 12.8. The van der Waals surface area contributed by atoms with E-state index in [0.717, 1.165) is 103 Å². The minimum atomic E-state index is -0.813. The summed E-state index contributed by atoms with van der Waals surface area (Å²) in [4.78, 5) is 37.8. The van der Waals surface area contributed by atoms with Gasteiger partial charge in [0.15, 0.2) is 6.10 Å². The SMILES string of the molecule is CC/C=C\C/C=C\C/C=C\C/C=C\C/C=C\C/C=C\CCC(=O)OCC(COC(=O)CCCCCCCCCCC)OC(=O)CCCCCCC/C=C\C/C=C\CCCCCC. The van der Waals surface area contributed by atoms with E-state index in [2.05, 4.69) is 106 Å². The molecule has 0 saturated carbocycles. The highest BCUT2D eigenvalue weighted by atomic mass is 16.6. The summed E-state index contributed by atoms with van der Waals surface area (Å²) < 4.78 is 16.7. The van der Waals surface area contributed by atoms with Gasteiger partial charge in [-0.3, -0.25) is 14.4 Å². The van der Waals surface area contributed by atoms with Crippen molar-refractivity contribution in [3.8, 4) is 0 Å². The number of rotatable bonds is 44. The maximum Gasteiger partial charge on any atom is 0.306 e. The lowest BCUT2D eigenvalue weighted by Gasteiger charge is -2.18. The van der Waals surface area contributed by atoms with Crippen LogP contribution in [-0.4, -0.2) is 37.2 Å². The maximum absolute atomic E-state index is 12.8. The first-order chi connectivity index (χ1) is 30.5. The van der Waals surface area contributed by atoms with Crippen LogP contribution >= 0.6 is 0 Å². The normalized spacial score (nSPS) is 12.9. The van der Waals surface area contributed by atoms with E-state index >= 15 is 0 Å². The number of ether oxygens (including phenoxy) is 3. The van der Waals surface area contributed by atoms with Gasteiger partial charge in [-0.15, -0.1) is 0 Å². The molecule has 0 bridgehead atoms. The molecule has 0 aromatic rings. The molecule has 0 heterocycles. The first-order valence-electron chi connectivity index (χ1n) is 25.2. The molecule has 0 fully saturated rings. The van der Waals surface area contributed by atoms with Crippen LogP contribution in [0.25, 0.3) is 0 Å². The third-order valence-electron chi connectivity index (χ3n) is 10.3. The van der Waals surface area contributed by atoms with Crippen molar-refractivity contribution in [1.82, 2.24) is 0 Å². The number of allylic oxidation sites excluding steroid dienone is 16. The van der Waals surface area contributed by atoms with E-state index < -0.39 is 6.10 Å². The van der Waals surface area contributed by atoms with Crippen LogP contribution in [0.5, 0.6) is 0 Å². The molecule has 0 aliphatic rings. The minimum Gasteiger partial charge on any atom is -0.462 e. The summed E-state index contributed by atoms with van der Waals surface area (Å²) in [5, 5.41) is 0. The number of esters is 3. The van der Waals surface area contributed by atoms with Crippen LogP contribution in [0.2, 0.25) is 0 Å². The molecule has 0 N–H and O–H groups in total. The third kappa shape index (κ3) is 47.4. The summed E-state index contributed by atoms with van der Waals surface area (Å²) in [7, 11) is 0. The zero-order valence-electron chi connectivity index (χ0n) is 40.1. The summed E-state index contributed by atoms with van der Waals surface area (Å²) in [6.07, 6.45) is 65.5. The van der Waals surface area contributed by atoms with E-state index in [-0.39, 0.29) is 37.5 Å². The Bertz CT molecular complexity index is 1260. The predicted molar refractivity (Wildman–Crippen MR) is 265 cm³/mol. The molecule has 0 spiro atoms. The molecule has 0 rings (SSSR count). The molecule has 1 atom stereocenters. The molecular formula is C56H92O6. The Kier molecular flexibility index (Phi) is 47.0. The van der Waals surface area contributed by atoms with Crippen LogP contribution < -0.4 is 0 Å². The van der Waals surface area contributed by atoms with E-state index in [1.54, 1.807) is 0 Å². The van der Waals surface area contributed by atoms with Gasteiger partial charge in [0.2, 0.25) is 0 Å². The Morgan fingerprint density at radius 1 is 0.339 bits per heavy atom. The quantitative estimate of drug-likeness (QED) is 0.0263. The standard InChI is InChI=1S/C56H92O6/c1-4-7-10-13-16-19-21-23-25-27-28-29-31-32-34-37-40-43-46-49-55(58)61-52-53(51-60-54(57)48-45-42-39-36-18-15-12-9-6-3)62-56(59)50-47-44-41-38-35-33-30-26-24-22-20-17-14-11-8-5-2/h7,10,16,19-20,22-23,25-26,28-30,32,34,40,43,53H,4-6,8-9,11-15,17-18,21,24,27,31,33,35-39,41-42,44-52H2,1-3H3/b10-7-,19-16-,22-20-,25-23-,29-28-,30-26-,34-32-,43-40-. The Morgan fingerprint density at radius 3 is 1.10 bits per heavy atom. The van der Waals surface area contributed by atoms with Crippen molar-refractivity contribution in [3.05, 3.63) is 97.2 Å². The number of carbonyl (C=O) groups excluding carboxylic acids is 3. The molecule has 6 heteroatoms. The van der Waals surface area contributed by atoms with Gasteiger partial charge in [-0.25, -0.2) is 0 Å². The summed E-state index contributed by atoms with van der Waals surface area (Å²) in [6.45, 7) is 6.39. The Balaban J connectivity index is 4.49. The monoisotopic (exact) mass is 861 g/mol. The molecule has 1 unspecified atom stereocenters. The zero-order valence-corrected chi connectivity index (χ0v) is 40.1. The molecule has 352 valence electrons. The summed E-state index contributed by atoms with van der Waals surface area (Å²) >= 11 is 0. The van der Waals surface area contributed by atoms with Crippen LogP contribution in [0, 0.1) is 0 Å². The largest absolute Gasteiger partial charge is 0.462 e. The minimum absolute atomic E-state index is 0.106. The van der Waals surface area contributed by atoms with Gasteiger partial charge in [0.05, 0.1) is 0 Å². The van der Waals surface area contributed by atoms with Crippen LogP contribution in [0.15, 0.2) is 97.2 Å². The average molecular weight is 861 g/mol. The third-order valence-corrected chi connectivity index (χ3v) is 10.3. The van der Waals surface area contributed by atoms with Crippen molar-refractivity contribution < 1.29 is 28.6 Å². The van der Waals surface area contributed by atoms with Crippen LogP contribution in [0.3, 0.4) is 0 Å². The van der Waals surface area contributed by atoms with Gasteiger partial charge in [0.25, 0.3) is 0 Å². The van der Waals surface area contributed by atoms with Crippen molar-refractivity contribution in [3.63, 3.8) is 0 Å². The molecular weight excluding hydrogens is 769 g/mol. The lowest BCUT2D eigenvalue weighted by Crippen LogP contribution is -2.30. The van der Waals surface area contributed by atoms with Gasteiger partial charge in [-0.1, -0.05) is 208 Å². The van der Waals surface area contributed by atoms with E-state index in [4.69, 9.17) is 14.2 Å². The van der Waals surface area contributed by atoms with Crippen LogP contribution in [0.1, 0.15) is 220 Å². The lowest BCUT2D eigenvalue weighted by atomic mass is 10.1. The van der Waals surface area contributed by atoms with Gasteiger partial charge in [0, 0.05) is 19.3 Å². The fourth-order valence-electron chi connectivity index (χ4n) is 6.56. The second-order valence-electron chi connectivity index (χ2n) is 16.3. The Morgan fingerprint density at radius 2 is 0.661 bits per heavy atom. The van der Waals surface area contributed by atoms with E-state index in [9.17, 15) is 14.4 Å². The number of hydrogen-bond donors (Lipinski definition) is 0. The van der Waals surface area contributed by atoms with Crippen molar-refractivity contribution >= 4 is 17.9 Å². The Hall–Kier alpha value is -3.67. The molecule has 6 nitrogen and oxygen atoms in total. The van der Waals surface area contributed by atoms with E-state index in [1.807, 2.05) is 12.2 Å². The molecule has 0 aliphatic heterocycles. The molecule has 0 aromatic carbocycles. The van der Waals surface area contributed by atoms with Crippen molar-refractivity contribution in [2.75, 3.05) is 13.2 Å². The molecule has 0 radical (unpaired) electrons. The van der Waals surface area contributed by atoms with Gasteiger partial charge >= 0.3 is 17.9 Å². The summed E-state index contributed by atoms with van der Waals surface area (Å²) in [5.41, 5.74) is 0. The van der Waals surface area contributed by atoms with E-state index in [1.165, 1.54) is 70.6 Å². The number of unbranched alkanes of at least 4 members (excludes halogenated alkanes) is 17. The van der Waals surface area contributed by atoms with Gasteiger partial charge in [-0.2, -0.15) is 0 Å². The Labute approximate surface area is 381 Å². The molecule has 0 aliphatic carbocycles. The van der Waals surface area contributed by atoms with Gasteiger partial charge < -0.3 is 14.2 Å². The van der Waals surface area contributed by atoms with E-state index in [0.29, 0.717) is 19.3 Å². The van der Waals surface area contributed by atoms with Crippen LogP contribution in [0.4, 0.5) is 0 Å². The van der Waals surface area contributed by atoms with Crippen molar-refractivity contribution in [1.29, 1.82) is 0 Å². The fourth-order valence-corrected chi connectivity index (χ4v) is 6.56. The van der Waals surface area contributed by atoms with Crippen molar-refractivity contribution in [2.24, 2.45) is 0 Å².